The SMILES string of the molecule is CCCCCC(O)CC.Cc1ccccc1. The second-order valence-electron chi connectivity index (χ2n) is 4.21. The third-order valence-corrected chi connectivity index (χ3v) is 2.55. The number of unbranched alkanes of at least 4 members (excludes halogenated alkanes) is 2. The standard InChI is InChI=1S/C8H18O.C7H8/c1-3-5-6-7-8(9)4-2;1-7-5-3-2-4-6-7/h8-9H,3-7H2,1-2H3;2-6H,1H3. The lowest BCUT2D eigenvalue weighted by Crippen LogP contribution is -2.02. The van der Waals surface area contributed by atoms with Crippen molar-refractivity contribution in [1.82, 2.24) is 0 Å². The summed E-state index contributed by atoms with van der Waals surface area (Å²) in [6.07, 6.45) is 5.55. The van der Waals surface area contributed by atoms with Crippen molar-refractivity contribution < 1.29 is 5.11 Å². The Morgan fingerprint density at radius 1 is 1.06 bits per heavy atom. The van der Waals surface area contributed by atoms with E-state index in [0.29, 0.717) is 0 Å². The van der Waals surface area contributed by atoms with Gasteiger partial charge in [-0.2, -0.15) is 0 Å². The predicted octanol–water partition coefficient (Wildman–Crippen LogP) is 4.33. The van der Waals surface area contributed by atoms with Gasteiger partial charge in [-0.15, -0.1) is 0 Å². The van der Waals surface area contributed by atoms with Crippen LogP contribution in [0.5, 0.6) is 0 Å². The van der Waals surface area contributed by atoms with Crippen LogP contribution >= 0.6 is 0 Å². The van der Waals surface area contributed by atoms with Crippen molar-refractivity contribution in [3.05, 3.63) is 35.9 Å². The molecule has 1 nitrogen and oxygen atoms in total. The molecule has 0 saturated heterocycles. The van der Waals surface area contributed by atoms with Gasteiger partial charge in [-0.3, -0.25) is 0 Å². The number of benzene rings is 1. The molecule has 16 heavy (non-hydrogen) atoms. The molecule has 1 N–H and O–H groups in total. The summed E-state index contributed by atoms with van der Waals surface area (Å²) in [6, 6.07) is 10.3. The molecule has 0 heterocycles. The van der Waals surface area contributed by atoms with Gasteiger partial charge < -0.3 is 5.11 Å². The molecular formula is C15H26O. The van der Waals surface area contributed by atoms with Crippen LogP contribution in [0.1, 0.15) is 51.5 Å². The van der Waals surface area contributed by atoms with E-state index < -0.39 is 0 Å². The zero-order valence-electron chi connectivity index (χ0n) is 10.9. The number of rotatable bonds is 5. The van der Waals surface area contributed by atoms with Gasteiger partial charge in [-0.25, -0.2) is 0 Å². The van der Waals surface area contributed by atoms with E-state index in [1.54, 1.807) is 0 Å². The lowest BCUT2D eigenvalue weighted by molar-refractivity contribution is 0.156. The molecule has 0 aliphatic rings. The highest BCUT2D eigenvalue weighted by atomic mass is 16.3. The van der Waals surface area contributed by atoms with Crippen LogP contribution in [0.2, 0.25) is 0 Å². The molecule has 1 heteroatoms. The van der Waals surface area contributed by atoms with Crippen LogP contribution in [0, 0.1) is 6.92 Å². The van der Waals surface area contributed by atoms with Gasteiger partial charge >= 0.3 is 0 Å². The minimum atomic E-state index is -0.0449. The fraction of sp³-hybridized carbons (Fsp3) is 0.600. The van der Waals surface area contributed by atoms with Crippen molar-refractivity contribution in [2.75, 3.05) is 0 Å². The van der Waals surface area contributed by atoms with E-state index in [0.717, 1.165) is 12.8 Å². The Morgan fingerprint density at radius 3 is 2.06 bits per heavy atom. The molecule has 0 fully saturated rings. The summed E-state index contributed by atoms with van der Waals surface area (Å²) >= 11 is 0. The third kappa shape index (κ3) is 9.72. The first-order valence-corrected chi connectivity index (χ1v) is 6.40. The largest absolute Gasteiger partial charge is 0.393 e. The highest BCUT2D eigenvalue weighted by Crippen LogP contribution is 2.04. The Morgan fingerprint density at radius 2 is 1.69 bits per heavy atom. The van der Waals surface area contributed by atoms with E-state index >= 15 is 0 Å². The lowest BCUT2D eigenvalue weighted by Gasteiger charge is -2.04. The number of hydrogen-bond acceptors (Lipinski definition) is 1. The van der Waals surface area contributed by atoms with Gasteiger partial charge in [0.05, 0.1) is 6.10 Å². The van der Waals surface area contributed by atoms with E-state index in [1.807, 2.05) is 25.1 Å². The molecule has 92 valence electrons. The number of aryl methyl sites for hydroxylation is 1. The highest BCUT2D eigenvalue weighted by molar-refractivity contribution is 5.11. The maximum Gasteiger partial charge on any atom is 0.0537 e. The van der Waals surface area contributed by atoms with E-state index in [-0.39, 0.29) is 6.10 Å². The maximum atomic E-state index is 9.08. The molecule has 1 unspecified atom stereocenters. The van der Waals surface area contributed by atoms with E-state index in [1.165, 1.54) is 24.8 Å². The fourth-order valence-corrected chi connectivity index (χ4v) is 1.37. The van der Waals surface area contributed by atoms with Crippen LogP contribution in [0.4, 0.5) is 0 Å². The zero-order valence-corrected chi connectivity index (χ0v) is 10.9. The fourth-order valence-electron chi connectivity index (χ4n) is 1.37. The minimum Gasteiger partial charge on any atom is -0.393 e. The third-order valence-electron chi connectivity index (χ3n) is 2.55. The van der Waals surface area contributed by atoms with Gasteiger partial charge in [0.25, 0.3) is 0 Å². The molecule has 0 saturated carbocycles. The first kappa shape index (κ1) is 15.2. The van der Waals surface area contributed by atoms with E-state index in [9.17, 15) is 0 Å². The highest BCUT2D eigenvalue weighted by Gasteiger charge is 1.97. The van der Waals surface area contributed by atoms with Crippen molar-refractivity contribution in [1.29, 1.82) is 0 Å². The monoisotopic (exact) mass is 222 g/mol. The van der Waals surface area contributed by atoms with Crippen LogP contribution in [-0.2, 0) is 0 Å². The van der Waals surface area contributed by atoms with Crippen LogP contribution in [0.15, 0.2) is 30.3 Å². The van der Waals surface area contributed by atoms with Crippen molar-refractivity contribution in [2.45, 2.75) is 59.0 Å². The van der Waals surface area contributed by atoms with Crippen LogP contribution in [0.25, 0.3) is 0 Å². The summed E-state index contributed by atoms with van der Waals surface area (Å²) in [4.78, 5) is 0. The predicted molar refractivity (Wildman–Crippen MR) is 71.6 cm³/mol. The van der Waals surface area contributed by atoms with Gasteiger partial charge in [0.15, 0.2) is 0 Å². The van der Waals surface area contributed by atoms with Crippen LogP contribution in [-0.4, -0.2) is 11.2 Å². The summed E-state index contributed by atoms with van der Waals surface area (Å²) in [6.45, 7) is 6.29. The van der Waals surface area contributed by atoms with E-state index in [2.05, 4.69) is 26.0 Å². The number of aliphatic hydroxyl groups excluding tert-OH is 1. The minimum absolute atomic E-state index is 0.0449. The lowest BCUT2D eigenvalue weighted by atomic mass is 10.1. The Balaban J connectivity index is 0.000000288. The molecule has 1 aromatic carbocycles. The molecular weight excluding hydrogens is 196 g/mol. The molecule has 0 aromatic heterocycles. The van der Waals surface area contributed by atoms with Gasteiger partial charge in [0.1, 0.15) is 0 Å². The van der Waals surface area contributed by atoms with Crippen molar-refractivity contribution in [3.8, 4) is 0 Å². The van der Waals surface area contributed by atoms with Gasteiger partial charge in [0.2, 0.25) is 0 Å². The Hall–Kier alpha value is -0.820. The van der Waals surface area contributed by atoms with Gasteiger partial charge in [0, 0.05) is 0 Å². The molecule has 1 rings (SSSR count). The van der Waals surface area contributed by atoms with Crippen LogP contribution in [0.3, 0.4) is 0 Å². The summed E-state index contributed by atoms with van der Waals surface area (Å²) < 4.78 is 0. The summed E-state index contributed by atoms with van der Waals surface area (Å²) in [5.74, 6) is 0. The average molecular weight is 222 g/mol. The zero-order chi connectivity index (χ0) is 12.2. The first-order chi connectivity index (χ1) is 7.70. The van der Waals surface area contributed by atoms with Crippen molar-refractivity contribution >= 4 is 0 Å². The topological polar surface area (TPSA) is 20.2 Å². The Labute approximate surface area is 101 Å². The van der Waals surface area contributed by atoms with Gasteiger partial charge in [-0.1, -0.05) is 69.0 Å². The molecule has 0 spiro atoms. The second kappa shape index (κ2) is 10.7. The summed E-state index contributed by atoms with van der Waals surface area (Å²) in [5, 5.41) is 9.08. The molecule has 0 aliphatic carbocycles. The number of hydrogen-bond donors (Lipinski definition) is 1. The average Bonchev–Trinajstić information content (AvgIpc) is 2.31. The maximum absolute atomic E-state index is 9.08. The Bertz CT molecular complexity index is 230. The summed E-state index contributed by atoms with van der Waals surface area (Å²) in [7, 11) is 0. The molecule has 0 amide bonds. The van der Waals surface area contributed by atoms with Crippen molar-refractivity contribution in [3.63, 3.8) is 0 Å². The Kier molecular flexibility index (Phi) is 10.1. The molecule has 1 atom stereocenters. The number of aliphatic hydroxyl groups is 1. The second-order valence-corrected chi connectivity index (χ2v) is 4.21. The molecule has 0 aliphatic heterocycles. The molecule has 0 bridgehead atoms. The molecule has 0 radical (unpaired) electrons. The quantitative estimate of drug-likeness (QED) is 0.735. The normalized spacial score (nSPS) is 11.5. The summed E-state index contributed by atoms with van der Waals surface area (Å²) in [5.41, 5.74) is 1.32. The first-order valence-electron chi connectivity index (χ1n) is 6.40. The van der Waals surface area contributed by atoms with Crippen molar-refractivity contribution in [2.24, 2.45) is 0 Å². The smallest absolute Gasteiger partial charge is 0.0537 e. The van der Waals surface area contributed by atoms with E-state index in [4.69, 9.17) is 5.11 Å². The van der Waals surface area contributed by atoms with Gasteiger partial charge in [-0.05, 0) is 19.8 Å². The van der Waals surface area contributed by atoms with Crippen LogP contribution < -0.4 is 0 Å². The molecule has 1 aromatic rings.